The molecule has 40 heavy (non-hydrogen) atoms. The maximum atomic E-state index is 13.9. The minimum absolute atomic E-state index is 0.00596. The Balaban J connectivity index is 1.14. The van der Waals surface area contributed by atoms with Gasteiger partial charge in [-0.05, 0) is 47.2 Å². The van der Waals surface area contributed by atoms with Gasteiger partial charge in [0.1, 0.15) is 5.69 Å². The number of fused-ring (bicyclic) bond motifs is 4. The topological polar surface area (TPSA) is 76.7 Å². The Bertz CT molecular complexity index is 1540. The number of hydrogen-bond donors (Lipinski definition) is 1. The lowest BCUT2D eigenvalue weighted by atomic mass is 9.76. The second-order valence-corrected chi connectivity index (χ2v) is 12.9. The van der Waals surface area contributed by atoms with Crippen LogP contribution in [0.1, 0.15) is 55.2 Å². The van der Waals surface area contributed by atoms with Crippen molar-refractivity contribution in [2.75, 3.05) is 32.1 Å². The third-order valence-electron chi connectivity index (χ3n) is 8.99. The summed E-state index contributed by atoms with van der Waals surface area (Å²) in [5, 5.41) is 1.01. The van der Waals surface area contributed by atoms with Crippen molar-refractivity contribution in [2.45, 2.75) is 52.1 Å². The number of rotatable bonds is 6. The summed E-state index contributed by atoms with van der Waals surface area (Å²) in [6.07, 6.45) is 3.61. The fraction of sp³-hybridized carbons (Fsp3) is 0.424. The Kier molecular flexibility index (Phi) is 6.36. The number of Topliss-reactive ketones (excluding diaryl/α,β-unsaturated/α-hetero) is 1. The van der Waals surface area contributed by atoms with Gasteiger partial charge in [0.2, 0.25) is 5.91 Å². The van der Waals surface area contributed by atoms with Gasteiger partial charge in [-0.2, -0.15) is 0 Å². The Hall–Kier alpha value is -3.87. The van der Waals surface area contributed by atoms with Gasteiger partial charge in [-0.15, -0.1) is 0 Å². The van der Waals surface area contributed by atoms with E-state index >= 15 is 0 Å². The first-order valence-electron chi connectivity index (χ1n) is 14.2. The predicted octanol–water partition coefficient (Wildman–Crippen LogP) is 4.92. The maximum absolute atomic E-state index is 13.9. The van der Waals surface area contributed by atoms with Crippen LogP contribution in [0, 0.1) is 11.3 Å². The molecule has 0 saturated carbocycles. The number of carbonyl (C=O) groups is 3. The number of anilines is 1. The molecule has 0 radical (unpaired) electrons. The standard InChI is InChI=1S/C33H38N4O3/c1-33(2,3)27(17-30(38)23-12-20-8-6-7-9-21(20)13-23)31(39)36-18-26-15-25(36)19-37(26)32(40)29-14-22-10-11-24(35(4)5)16-28(22)34-29/h6-12,14,16,25-27,34H,13,15,17-19H2,1-5H3/t25-,26-,27+/m0/s1. The van der Waals surface area contributed by atoms with Crippen LogP contribution < -0.4 is 4.90 Å². The number of aromatic amines is 1. The van der Waals surface area contributed by atoms with E-state index in [1.54, 1.807) is 0 Å². The first kappa shape index (κ1) is 26.4. The Labute approximate surface area is 235 Å². The molecule has 208 valence electrons. The molecule has 1 aliphatic carbocycles. The monoisotopic (exact) mass is 538 g/mol. The number of H-pyrrole nitrogens is 1. The van der Waals surface area contributed by atoms with E-state index in [0.29, 0.717) is 25.2 Å². The van der Waals surface area contributed by atoms with Crippen LogP contribution in [0.5, 0.6) is 0 Å². The van der Waals surface area contributed by atoms with Crippen molar-refractivity contribution in [1.82, 2.24) is 14.8 Å². The van der Waals surface area contributed by atoms with Crippen LogP contribution in [-0.2, 0) is 16.0 Å². The summed E-state index contributed by atoms with van der Waals surface area (Å²) in [5.74, 6) is -0.328. The van der Waals surface area contributed by atoms with E-state index in [2.05, 4.69) is 17.1 Å². The van der Waals surface area contributed by atoms with Crippen LogP contribution in [-0.4, -0.2) is 71.6 Å². The molecule has 2 bridgehead atoms. The molecule has 3 heterocycles. The lowest BCUT2D eigenvalue weighted by Crippen LogP contribution is -2.53. The molecule has 2 aliphatic heterocycles. The van der Waals surface area contributed by atoms with E-state index in [0.717, 1.165) is 34.1 Å². The second kappa shape index (κ2) is 9.65. The molecule has 2 fully saturated rings. The molecule has 0 unspecified atom stereocenters. The quantitative estimate of drug-likeness (QED) is 0.483. The van der Waals surface area contributed by atoms with Gasteiger partial charge in [0.05, 0.1) is 18.0 Å². The lowest BCUT2D eigenvalue weighted by molar-refractivity contribution is -0.143. The first-order valence-corrected chi connectivity index (χ1v) is 14.2. The van der Waals surface area contributed by atoms with E-state index < -0.39 is 5.92 Å². The van der Waals surface area contributed by atoms with Gasteiger partial charge in [-0.25, -0.2) is 0 Å². The normalized spacial score (nSPS) is 20.6. The van der Waals surface area contributed by atoms with Crippen molar-refractivity contribution in [2.24, 2.45) is 11.3 Å². The van der Waals surface area contributed by atoms with Crippen molar-refractivity contribution in [3.63, 3.8) is 0 Å². The number of benzene rings is 2. The number of amides is 2. The van der Waals surface area contributed by atoms with Crippen molar-refractivity contribution >= 4 is 40.3 Å². The average molecular weight is 539 g/mol. The molecule has 2 saturated heterocycles. The fourth-order valence-electron chi connectivity index (χ4n) is 6.59. The third-order valence-corrected chi connectivity index (χ3v) is 8.99. The SMILES string of the molecule is CN(C)c1ccc2cc(C(=O)N3C[C@@H]4C[C@H]3CN4C(=O)[C@@H](CC(=O)C3=Cc4ccccc4C3)C(C)(C)C)[nH]c2c1. The number of nitrogens with one attached hydrogen (secondary N) is 1. The molecule has 2 aromatic carbocycles. The molecule has 3 atom stereocenters. The predicted molar refractivity (Wildman–Crippen MR) is 158 cm³/mol. The Morgan fingerprint density at radius 1 is 1.00 bits per heavy atom. The lowest BCUT2D eigenvalue weighted by Gasteiger charge is -2.39. The van der Waals surface area contributed by atoms with Gasteiger partial charge >= 0.3 is 0 Å². The highest BCUT2D eigenvalue weighted by Gasteiger charge is 2.50. The van der Waals surface area contributed by atoms with Gasteiger partial charge < -0.3 is 19.7 Å². The number of likely N-dealkylation sites (tertiary alicyclic amines) is 2. The highest BCUT2D eigenvalue weighted by molar-refractivity contribution is 6.04. The molecular formula is C33H38N4O3. The summed E-state index contributed by atoms with van der Waals surface area (Å²) in [5.41, 5.74) is 5.29. The molecule has 6 rings (SSSR count). The summed E-state index contributed by atoms with van der Waals surface area (Å²) >= 11 is 0. The Morgan fingerprint density at radius 2 is 1.73 bits per heavy atom. The van der Waals surface area contributed by atoms with Gasteiger partial charge in [-0.3, -0.25) is 14.4 Å². The van der Waals surface area contributed by atoms with Gasteiger partial charge in [0.15, 0.2) is 5.78 Å². The van der Waals surface area contributed by atoms with Crippen molar-refractivity contribution in [3.8, 4) is 0 Å². The Morgan fingerprint density at radius 3 is 2.40 bits per heavy atom. The molecule has 1 N–H and O–H groups in total. The molecule has 0 spiro atoms. The summed E-state index contributed by atoms with van der Waals surface area (Å²) < 4.78 is 0. The fourth-order valence-corrected chi connectivity index (χ4v) is 6.59. The maximum Gasteiger partial charge on any atom is 0.270 e. The first-order chi connectivity index (χ1) is 19.0. The number of allylic oxidation sites excluding steroid dienone is 1. The minimum Gasteiger partial charge on any atom is -0.378 e. The van der Waals surface area contributed by atoms with Gasteiger partial charge in [0.25, 0.3) is 5.91 Å². The van der Waals surface area contributed by atoms with E-state index in [-0.39, 0.29) is 41.5 Å². The highest BCUT2D eigenvalue weighted by atomic mass is 16.2. The van der Waals surface area contributed by atoms with E-state index in [1.807, 2.05) is 92.0 Å². The largest absolute Gasteiger partial charge is 0.378 e. The van der Waals surface area contributed by atoms with Crippen LogP contribution in [0.15, 0.2) is 54.1 Å². The van der Waals surface area contributed by atoms with Crippen LogP contribution in [0.3, 0.4) is 0 Å². The summed E-state index contributed by atoms with van der Waals surface area (Å²) in [6, 6.07) is 16.1. The number of nitrogens with zero attached hydrogens (tertiary/aromatic N) is 3. The highest BCUT2D eigenvalue weighted by Crippen LogP contribution is 2.39. The van der Waals surface area contributed by atoms with Crippen LogP contribution >= 0.6 is 0 Å². The number of aromatic nitrogens is 1. The number of piperazine rings is 1. The number of ketones is 1. The van der Waals surface area contributed by atoms with Crippen molar-refractivity contribution in [3.05, 3.63) is 70.9 Å². The molecule has 3 aliphatic rings. The molecular weight excluding hydrogens is 500 g/mol. The molecule has 7 nitrogen and oxygen atoms in total. The second-order valence-electron chi connectivity index (χ2n) is 12.9. The average Bonchev–Trinajstić information content (AvgIpc) is 3.71. The summed E-state index contributed by atoms with van der Waals surface area (Å²) in [6.45, 7) is 7.18. The van der Waals surface area contributed by atoms with E-state index in [1.165, 1.54) is 5.56 Å². The van der Waals surface area contributed by atoms with E-state index in [9.17, 15) is 14.4 Å². The minimum atomic E-state index is -0.410. The zero-order valence-electron chi connectivity index (χ0n) is 24.0. The summed E-state index contributed by atoms with van der Waals surface area (Å²) in [4.78, 5) is 50.1. The van der Waals surface area contributed by atoms with Crippen molar-refractivity contribution in [1.29, 1.82) is 0 Å². The van der Waals surface area contributed by atoms with Gasteiger partial charge in [0, 0.05) is 62.2 Å². The summed E-state index contributed by atoms with van der Waals surface area (Å²) in [7, 11) is 3.99. The van der Waals surface area contributed by atoms with Crippen LogP contribution in [0.2, 0.25) is 0 Å². The van der Waals surface area contributed by atoms with Crippen LogP contribution in [0.25, 0.3) is 17.0 Å². The smallest absolute Gasteiger partial charge is 0.270 e. The third kappa shape index (κ3) is 4.61. The van der Waals surface area contributed by atoms with E-state index in [4.69, 9.17) is 0 Å². The molecule has 3 aromatic rings. The zero-order chi connectivity index (χ0) is 28.3. The zero-order valence-corrected chi connectivity index (χ0v) is 24.0. The molecule has 1 aromatic heterocycles. The van der Waals surface area contributed by atoms with Gasteiger partial charge in [-0.1, -0.05) is 51.1 Å². The number of hydrogen-bond acceptors (Lipinski definition) is 4. The van der Waals surface area contributed by atoms with Crippen LogP contribution in [0.4, 0.5) is 5.69 Å². The molecule has 2 amide bonds. The molecule has 7 heteroatoms. The van der Waals surface area contributed by atoms with Crippen molar-refractivity contribution < 1.29 is 14.4 Å². The number of carbonyl (C=O) groups excluding carboxylic acids is 3.